The van der Waals surface area contributed by atoms with Gasteiger partial charge in [0.2, 0.25) is 0 Å². The molecule has 17 nitrogen and oxygen atoms in total. The van der Waals surface area contributed by atoms with Crippen LogP contribution in [0.2, 0.25) is 0 Å². The fourth-order valence-corrected chi connectivity index (χ4v) is 13.2. The Morgan fingerprint density at radius 1 is 0.305 bits per heavy atom. The van der Waals surface area contributed by atoms with E-state index in [9.17, 15) is 43.2 Å². The maximum Gasteiger partial charge on any atom is 0.472 e. The number of rotatable bonds is 75. The van der Waals surface area contributed by atoms with E-state index >= 15 is 0 Å². The Labute approximate surface area is 581 Å². The highest BCUT2D eigenvalue weighted by molar-refractivity contribution is 7.47. The zero-order valence-electron chi connectivity index (χ0n) is 62.0. The molecule has 19 heteroatoms. The van der Waals surface area contributed by atoms with Gasteiger partial charge in [0, 0.05) is 25.7 Å². The first-order chi connectivity index (χ1) is 45.9. The van der Waals surface area contributed by atoms with E-state index in [0.717, 1.165) is 102 Å². The smallest absolute Gasteiger partial charge is 0.462 e. The number of hydrogen-bond acceptors (Lipinski definition) is 15. The molecule has 0 radical (unpaired) electrons. The minimum Gasteiger partial charge on any atom is -0.462 e. The van der Waals surface area contributed by atoms with Gasteiger partial charge in [0.25, 0.3) is 0 Å². The van der Waals surface area contributed by atoms with Crippen molar-refractivity contribution in [1.29, 1.82) is 0 Å². The van der Waals surface area contributed by atoms with Gasteiger partial charge in [-0.2, -0.15) is 0 Å². The zero-order valence-corrected chi connectivity index (χ0v) is 63.8. The molecule has 564 valence electrons. The third kappa shape index (κ3) is 69.0. The second-order valence-corrected chi connectivity index (χ2v) is 31.0. The van der Waals surface area contributed by atoms with E-state index < -0.39 is 97.5 Å². The van der Waals surface area contributed by atoms with Crippen molar-refractivity contribution in [3.63, 3.8) is 0 Å². The molecular formula is C76H148O17P2. The largest absolute Gasteiger partial charge is 0.472 e. The highest BCUT2D eigenvalue weighted by atomic mass is 31.2. The second-order valence-electron chi connectivity index (χ2n) is 28.1. The second kappa shape index (κ2) is 67.9. The van der Waals surface area contributed by atoms with Crippen molar-refractivity contribution in [2.75, 3.05) is 39.6 Å². The predicted octanol–water partition coefficient (Wildman–Crippen LogP) is 22.3. The molecule has 0 heterocycles. The summed E-state index contributed by atoms with van der Waals surface area (Å²) in [5, 5.41) is 10.6. The van der Waals surface area contributed by atoms with Crippen LogP contribution < -0.4 is 0 Å². The Hall–Kier alpha value is -1.94. The number of aliphatic hydroxyl groups is 1. The Balaban J connectivity index is 5.19. The summed E-state index contributed by atoms with van der Waals surface area (Å²) >= 11 is 0. The minimum absolute atomic E-state index is 0.103. The van der Waals surface area contributed by atoms with Gasteiger partial charge in [0.1, 0.15) is 19.3 Å². The number of phosphoric acid groups is 2. The maximum atomic E-state index is 13.1. The molecule has 0 aliphatic carbocycles. The van der Waals surface area contributed by atoms with Gasteiger partial charge in [0.15, 0.2) is 12.2 Å². The molecule has 0 bridgehead atoms. The summed E-state index contributed by atoms with van der Waals surface area (Å²) in [6.07, 6.45) is 55.8. The van der Waals surface area contributed by atoms with E-state index in [2.05, 4.69) is 41.5 Å². The quantitative estimate of drug-likeness (QED) is 0.0222. The van der Waals surface area contributed by atoms with Crippen molar-refractivity contribution in [3.8, 4) is 0 Å². The van der Waals surface area contributed by atoms with Gasteiger partial charge in [0.05, 0.1) is 26.4 Å². The minimum atomic E-state index is -4.96. The van der Waals surface area contributed by atoms with E-state index in [-0.39, 0.29) is 25.7 Å². The van der Waals surface area contributed by atoms with Crippen LogP contribution >= 0.6 is 15.6 Å². The lowest BCUT2D eigenvalue weighted by Gasteiger charge is -2.21. The predicted molar refractivity (Wildman–Crippen MR) is 386 cm³/mol. The topological polar surface area (TPSA) is 237 Å². The Bertz CT molecular complexity index is 1840. The van der Waals surface area contributed by atoms with Crippen molar-refractivity contribution < 1.29 is 80.2 Å². The molecule has 0 aromatic carbocycles. The number of carbonyl (C=O) groups excluding carboxylic acids is 4. The third-order valence-corrected chi connectivity index (χ3v) is 20.0. The van der Waals surface area contributed by atoms with Gasteiger partial charge in [-0.3, -0.25) is 37.3 Å². The van der Waals surface area contributed by atoms with Crippen LogP contribution in [0.5, 0.6) is 0 Å². The van der Waals surface area contributed by atoms with Crippen LogP contribution in [-0.4, -0.2) is 96.7 Å². The van der Waals surface area contributed by atoms with Gasteiger partial charge >= 0.3 is 39.5 Å². The first kappa shape index (κ1) is 93.1. The molecule has 3 N–H and O–H groups in total. The van der Waals surface area contributed by atoms with E-state index in [1.807, 2.05) is 0 Å². The van der Waals surface area contributed by atoms with Crippen LogP contribution in [0.25, 0.3) is 0 Å². The Morgan fingerprint density at radius 3 is 0.800 bits per heavy atom. The molecule has 95 heavy (non-hydrogen) atoms. The third-order valence-electron chi connectivity index (χ3n) is 18.1. The van der Waals surface area contributed by atoms with E-state index in [1.54, 1.807) is 0 Å². The van der Waals surface area contributed by atoms with Crippen LogP contribution in [0.1, 0.15) is 395 Å². The van der Waals surface area contributed by atoms with Gasteiger partial charge in [-0.25, -0.2) is 9.13 Å². The maximum absolute atomic E-state index is 13.1. The molecule has 0 saturated heterocycles. The molecule has 3 unspecified atom stereocenters. The van der Waals surface area contributed by atoms with E-state index in [0.29, 0.717) is 31.6 Å². The summed E-state index contributed by atoms with van der Waals surface area (Å²) in [6.45, 7) is 9.48. The monoisotopic (exact) mass is 1400 g/mol. The summed E-state index contributed by atoms with van der Waals surface area (Å²) < 4.78 is 68.5. The van der Waals surface area contributed by atoms with Crippen molar-refractivity contribution in [2.45, 2.75) is 413 Å². The first-order valence-corrected chi connectivity index (χ1v) is 42.5. The van der Waals surface area contributed by atoms with Gasteiger partial charge < -0.3 is 33.8 Å². The fraction of sp³-hybridized carbons (Fsp3) is 0.947. The molecule has 0 aromatic rings. The van der Waals surface area contributed by atoms with Crippen LogP contribution in [0.3, 0.4) is 0 Å². The average Bonchev–Trinajstić information content (AvgIpc) is 1.62. The van der Waals surface area contributed by atoms with Crippen molar-refractivity contribution in [1.82, 2.24) is 0 Å². The molecule has 0 rings (SSSR count). The number of unbranched alkanes of at least 4 members (excludes halogenated alkanes) is 44. The number of carbonyl (C=O) groups is 4. The molecule has 0 amide bonds. The van der Waals surface area contributed by atoms with Gasteiger partial charge in [-0.15, -0.1) is 0 Å². The summed E-state index contributed by atoms with van der Waals surface area (Å²) in [4.78, 5) is 72.7. The summed E-state index contributed by atoms with van der Waals surface area (Å²) in [5.41, 5.74) is 0. The lowest BCUT2D eigenvalue weighted by molar-refractivity contribution is -0.161. The molecule has 0 fully saturated rings. The fourth-order valence-electron chi connectivity index (χ4n) is 11.6. The SMILES string of the molecule is CCCCCCCCCCCCCCCCCCCCCCCC(=O)O[C@H](COC(=O)CCCCCCCCCCCCCCCC)COP(=O)(O)OC[C@@H](O)COP(=O)(O)OC[C@@H](COC(=O)CCCCCCCCC(C)CC)OC(=O)CCCCCCCCCC(C)C. The lowest BCUT2D eigenvalue weighted by atomic mass is 10.00. The number of esters is 4. The number of aliphatic hydroxyl groups excluding tert-OH is 1. The van der Waals surface area contributed by atoms with Crippen LogP contribution in [0.15, 0.2) is 0 Å². The molecule has 0 aliphatic rings. The number of ether oxygens (including phenoxy) is 4. The molecule has 0 saturated carbocycles. The number of phosphoric ester groups is 2. The van der Waals surface area contributed by atoms with Crippen LogP contribution in [-0.2, 0) is 65.4 Å². The molecule has 0 spiro atoms. The summed E-state index contributed by atoms with van der Waals surface area (Å²) in [6, 6.07) is 0. The molecule has 0 aromatic heterocycles. The lowest BCUT2D eigenvalue weighted by Crippen LogP contribution is -2.30. The van der Waals surface area contributed by atoms with Crippen LogP contribution in [0.4, 0.5) is 0 Å². The standard InChI is InChI=1S/C76H148O17P2/c1-7-10-12-14-16-18-20-22-24-25-26-27-28-29-30-32-34-36-40-48-54-60-75(80)92-71(64-86-73(78)58-52-46-39-35-33-31-23-21-19-17-15-13-11-8-2)66-90-94(82,83)88-62-70(77)63-89-95(84,85)91-67-72(93-76(81)61-55-49-41-37-38-44-50-56-68(4)5)65-87-74(79)59-53-47-43-42-45-51-57-69(6)9-3/h68-72,77H,7-67H2,1-6H3,(H,82,83)(H,84,85)/t69?,70-,71-,72-/m1/s1. The first-order valence-electron chi connectivity index (χ1n) is 39.5. The van der Waals surface area contributed by atoms with Gasteiger partial charge in [-0.05, 0) is 37.5 Å². The Kier molecular flexibility index (Phi) is 66.5. The van der Waals surface area contributed by atoms with Crippen molar-refractivity contribution in [2.24, 2.45) is 11.8 Å². The highest BCUT2D eigenvalue weighted by Gasteiger charge is 2.30. The van der Waals surface area contributed by atoms with Crippen molar-refractivity contribution in [3.05, 3.63) is 0 Å². The molecule has 6 atom stereocenters. The highest BCUT2D eigenvalue weighted by Crippen LogP contribution is 2.45. The van der Waals surface area contributed by atoms with Gasteiger partial charge in [-0.1, -0.05) is 343 Å². The zero-order chi connectivity index (χ0) is 70.0. The van der Waals surface area contributed by atoms with Crippen LogP contribution in [0, 0.1) is 11.8 Å². The normalized spacial score (nSPS) is 14.3. The average molecular weight is 1400 g/mol. The molecular weight excluding hydrogens is 1250 g/mol. The van der Waals surface area contributed by atoms with Crippen molar-refractivity contribution >= 4 is 39.5 Å². The number of hydrogen-bond donors (Lipinski definition) is 3. The molecule has 0 aliphatic heterocycles. The van der Waals surface area contributed by atoms with E-state index in [4.69, 9.17) is 37.0 Å². The summed E-state index contributed by atoms with van der Waals surface area (Å²) in [5.74, 6) is -0.694. The van der Waals surface area contributed by atoms with E-state index in [1.165, 1.54) is 205 Å². The Morgan fingerprint density at radius 2 is 0.537 bits per heavy atom. The summed E-state index contributed by atoms with van der Waals surface area (Å²) in [7, 11) is -9.91.